The summed E-state index contributed by atoms with van der Waals surface area (Å²) >= 11 is 0. The van der Waals surface area contributed by atoms with Gasteiger partial charge in [0.2, 0.25) is 0 Å². The maximum atomic E-state index is 10.1. The monoisotopic (exact) mass is 314 g/mol. The maximum absolute atomic E-state index is 10.1. The Balaban J connectivity index is 1.66. The molecular weight excluding hydrogens is 280 g/mol. The van der Waals surface area contributed by atoms with Gasteiger partial charge in [0, 0.05) is 0 Å². The lowest BCUT2D eigenvalue weighted by Gasteiger charge is -2.58. The number of hydrogen-bond donors (Lipinski definition) is 1. The molecule has 0 aromatic heterocycles. The molecule has 4 aliphatic rings. The van der Waals surface area contributed by atoms with Crippen LogP contribution in [0.25, 0.3) is 0 Å². The summed E-state index contributed by atoms with van der Waals surface area (Å²) in [5, 5.41) is 10.1. The van der Waals surface area contributed by atoms with Gasteiger partial charge in [0.1, 0.15) is 0 Å². The summed E-state index contributed by atoms with van der Waals surface area (Å²) < 4.78 is 0. The third-order valence-electron chi connectivity index (χ3n) is 8.67. The quantitative estimate of drug-likeness (QED) is 0.633. The molecular formula is C22H34O. The van der Waals surface area contributed by atoms with Gasteiger partial charge in [0.15, 0.2) is 0 Å². The maximum Gasteiger partial charge on any atom is 0.0577 e. The van der Waals surface area contributed by atoms with Crippen molar-refractivity contribution >= 4 is 0 Å². The van der Waals surface area contributed by atoms with Gasteiger partial charge in [0.05, 0.1) is 6.10 Å². The smallest absolute Gasteiger partial charge is 0.0577 e. The zero-order chi connectivity index (χ0) is 16.4. The van der Waals surface area contributed by atoms with Crippen LogP contribution in [0.4, 0.5) is 0 Å². The molecule has 0 radical (unpaired) electrons. The van der Waals surface area contributed by atoms with E-state index in [1.54, 1.807) is 5.57 Å². The molecule has 3 saturated carbocycles. The Morgan fingerprint density at radius 1 is 1.13 bits per heavy atom. The van der Waals surface area contributed by atoms with Crippen LogP contribution in [-0.4, -0.2) is 11.2 Å². The van der Waals surface area contributed by atoms with Crippen molar-refractivity contribution in [3.63, 3.8) is 0 Å². The SMILES string of the molecule is C=C(C)[C@H]1CC[C@H]2C3CC=C4CC(O)CC[C@]4(C)[C@H]3CCC12C. The summed E-state index contributed by atoms with van der Waals surface area (Å²) in [6.45, 7) is 11.7. The van der Waals surface area contributed by atoms with E-state index < -0.39 is 0 Å². The largest absolute Gasteiger partial charge is 0.393 e. The Labute approximate surface area is 142 Å². The van der Waals surface area contributed by atoms with Crippen LogP contribution in [-0.2, 0) is 0 Å². The van der Waals surface area contributed by atoms with Crippen molar-refractivity contribution in [2.75, 3.05) is 0 Å². The molecule has 3 unspecified atom stereocenters. The molecule has 23 heavy (non-hydrogen) atoms. The van der Waals surface area contributed by atoms with E-state index in [2.05, 4.69) is 33.4 Å². The third-order valence-corrected chi connectivity index (χ3v) is 8.67. The first kappa shape index (κ1) is 15.9. The summed E-state index contributed by atoms with van der Waals surface area (Å²) in [4.78, 5) is 0. The Kier molecular flexibility index (Phi) is 3.61. The average molecular weight is 315 g/mol. The topological polar surface area (TPSA) is 20.2 Å². The normalized spacial score (nSPS) is 52.2. The van der Waals surface area contributed by atoms with Crippen molar-refractivity contribution in [3.8, 4) is 0 Å². The Morgan fingerprint density at radius 3 is 2.65 bits per heavy atom. The Hall–Kier alpha value is -0.560. The van der Waals surface area contributed by atoms with Crippen LogP contribution in [0.3, 0.4) is 0 Å². The van der Waals surface area contributed by atoms with E-state index >= 15 is 0 Å². The molecule has 0 spiro atoms. The van der Waals surface area contributed by atoms with Gasteiger partial charge >= 0.3 is 0 Å². The first-order valence-electron chi connectivity index (χ1n) is 9.89. The molecule has 0 amide bonds. The lowest BCUT2D eigenvalue weighted by atomic mass is 9.47. The molecule has 3 fully saturated rings. The van der Waals surface area contributed by atoms with E-state index in [0.717, 1.165) is 36.5 Å². The van der Waals surface area contributed by atoms with Crippen LogP contribution in [0.5, 0.6) is 0 Å². The summed E-state index contributed by atoms with van der Waals surface area (Å²) in [7, 11) is 0. The van der Waals surface area contributed by atoms with Crippen molar-refractivity contribution in [2.45, 2.75) is 78.2 Å². The molecule has 0 aliphatic heterocycles. The molecule has 0 aromatic carbocycles. The predicted octanol–water partition coefficient (Wildman–Crippen LogP) is 5.50. The van der Waals surface area contributed by atoms with Gasteiger partial charge in [-0.3, -0.25) is 0 Å². The van der Waals surface area contributed by atoms with Gasteiger partial charge in [-0.1, -0.05) is 37.6 Å². The third kappa shape index (κ3) is 2.15. The Morgan fingerprint density at radius 2 is 1.91 bits per heavy atom. The number of hydrogen-bond acceptors (Lipinski definition) is 1. The van der Waals surface area contributed by atoms with Crippen LogP contribution >= 0.6 is 0 Å². The number of rotatable bonds is 1. The van der Waals surface area contributed by atoms with E-state index in [0.29, 0.717) is 10.8 Å². The fraction of sp³-hybridized carbons (Fsp3) is 0.818. The van der Waals surface area contributed by atoms with E-state index in [1.165, 1.54) is 44.1 Å². The van der Waals surface area contributed by atoms with Crippen molar-refractivity contribution < 1.29 is 5.11 Å². The standard InChI is InChI=1S/C22H34O/c1-14(2)18-7-8-19-17-6-5-15-13-16(23)9-11-21(15,3)20(17)10-12-22(18,19)4/h5,16-20,23H,1,6-13H2,2-4H3/t16?,17?,18-,19+,20+,21+,22?/m1/s1. The molecule has 1 nitrogen and oxygen atoms in total. The highest BCUT2D eigenvalue weighted by Gasteiger charge is 2.58. The molecule has 1 N–H and O–H groups in total. The highest BCUT2D eigenvalue weighted by molar-refractivity contribution is 5.26. The molecule has 128 valence electrons. The molecule has 0 saturated heterocycles. The van der Waals surface area contributed by atoms with E-state index in [9.17, 15) is 5.11 Å². The minimum Gasteiger partial charge on any atom is -0.393 e. The van der Waals surface area contributed by atoms with Crippen molar-refractivity contribution in [1.29, 1.82) is 0 Å². The minimum atomic E-state index is -0.0843. The highest BCUT2D eigenvalue weighted by Crippen LogP contribution is 2.66. The van der Waals surface area contributed by atoms with Gasteiger partial charge in [-0.2, -0.15) is 0 Å². The highest BCUT2D eigenvalue weighted by atomic mass is 16.3. The van der Waals surface area contributed by atoms with E-state index in [-0.39, 0.29) is 6.10 Å². The van der Waals surface area contributed by atoms with Crippen LogP contribution in [0.1, 0.15) is 72.1 Å². The molecule has 0 aromatic rings. The van der Waals surface area contributed by atoms with Crippen LogP contribution in [0, 0.1) is 34.5 Å². The molecule has 7 atom stereocenters. The molecule has 0 bridgehead atoms. The molecule has 0 heterocycles. The van der Waals surface area contributed by atoms with E-state index in [1.807, 2.05) is 0 Å². The summed E-state index contributed by atoms with van der Waals surface area (Å²) in [5.74, 6) is 3.38. The summed E-state index contributed by atoms with van der Waals surface area (Å²) in [6, 6.07) is 0. The van der Waals surface area contributed by atoms with Crippen LogP contribution in [0.2, 0.25) is 0 Å². The minimum absolute atomic E-state index is 0.0843. The first-order valence-corrected chi connectivity index (χ1v) is 9.89. The fourth-order valence-corrected chi connectivity index (χ4v) is 7.45. The zero-order valence-corrected chi connectivity index (χ0v) is 15.3. The number of aliphatic hydroxyl groups is 1. The second-order valence-electron chi connectivity index (χ2n) is 9.68. The first-order chi connectivity index (χ1) is 10.9. The second kappa shape index (κ2) is 5.22. The second-order valence-corrected chi connectivity index (χ2v) is 9.68. The lowest BCUT2D eigenvalue weighted by Crippen LogP contribution is -2.50. The van der Waals surface area contributed by atoms with Gasteiger partial charge in [-0.15, -0.1) is 0 Å². The van der Waals surface area contributed by atoms with Crippen molar-refractivity contribution in [2.24, 2.45) is 34.5 Å². The number of aliphatic hydroxyl groups excluding tert-OH is 1. The van der Waals surface area contributed by atoms with E-state index in [4.69, 9.17) is 0 Å². The van der Waals surface area contributed by atoms with Gasteiger partial charge in [-0.05, 0) is 92.8 Å². The van der Waals surface area contributed by atoms with Gasteiger partial charge < -0.3 is 5.11 Å². The average Bonchev–Trinajstić information content (AvgIpc) is 2.85. The predicted molar refractivity (Wildman–Crippen MR) is 96.0 cm³/mol. The molecule has 4 aliphatic carbocycles. The summed E-state index contributed by atoms with van der Waals surface area (Å²) in [6.07, 6.45) is 12.4. The van der Waals surface area contributed by atoms with Gasteiger partial charge in [-0.25, -0.2) is 0 Å². The van der Waals surface area contributed by atoms with Gasteiger partial charge in [0.25, 0.3) is 0 Å². The van der Waals surface area contributed by atoms with Crippen LogP contribution < -0.4 is 0 Å². The fourth-order valence-electron chi connectivity index (χ4n) is 7.45. The summed E-state index contributed by atoms with van der Waals surface area (Å²) in [5.41, 5.74) is 3.90. The number of allylic oxidation sites excluding steroid dienone is 2. The number of fused-ring (bicyclic) bond motifs is 5. The van der Waals surface area contributed by atoms with Crippen molar-refractivity contribution in [1.82, 2.24) is 0 Å². The zero-order valence-electron chi connectivity index (χ0n) is 15.3. The Bertz CT molecular complexity index is 546. The molecule has 4 rings (SSSR count). The van der Waals surface area contributed by atoms with Crippen LogP contribution in [0.15, 0.2) is 23.8 Å². The van der Waals surface area contributed by atoms with Crippen molar-refractivity contribution in [3.05, 3.63) is 23.8 Å². The molecule has 1 heteroatoms. The lowest BCUT2D eigenvalue weighted by molar-refractivity contribution is -0.0453.